The number of hydrogen-bond donors (Lipinski definition) is 2. The first-order valence-corrected chi connectivity index (χ1v) is 9.39. The summed E-state index contributed by atoms with van der Waals surface area (Å²) in [7, 11) is 0. The highest BCUT2D eigenvalue weighted by Crippen LogP contribution is 1.94. The van der Waals surface area contributed by atoms with E-state index < -0.39 is 6.17 Å². The molecular weight excluding hydrogens is 343 g/mol. The molecule has 1 atom stereocenters. The molecule has 1 unspecified atom stereocenters. The number of halogens is 1. The van der Waals surface area contributed by atoms with Crippen LogP contribution < -0.4 is 10.6 Å². The van der Waals surface area contributed by atoms with Crippen LogP contribution in [0.2, 0.25) is 0 Å². The van der Waals surface area contributed by atoms with Gasteiger partial charge in [0.2, 0.25) is 5.91 Å². The quantitative estimate of drug-likeness (QED) is 0.348. The molecule has 26 heavy (non-hydrogen) atoms. The van der Waals surface area contributed by atoms with Gasteiger partial charge in [-0.1, -0.05) is 27.7 Å². The molecular formula is C18H37FN2O5. The van der Waals surface area contributed by atoms with E-state index in [-0.39, 0.29) is 25.0 Å². The summed E-state index contributed by atoms with van der Waals surface area (Å²) in [5.74, 6) is -0.305. The molecule has 0 bridgehead atoms. The van der Waals surface area contributed by atoms with E-state index in [1.165, 1.54) is 0 Å². The fourth-order valence-electron chi connectivity index (χ4n) is 1.77. The Kier molecular flexibility index (Phi) is 17.1. The van der Waals surface area contributed by atoms with Gasteiger partial charge in [0.05, 0.1) is 59.4 Å². The Labute approximate surface area is 157 Å². The van der Waals surface area contributed by atoms with Gasteiger partial charge in [0.15, 0.2) is 0 Å². The summed E-state index contributed by atoms with van der Waals surface area (Å²) in [5.41, 5.74) is 0. The van der Waals surface area contributed by atoms with Gasteiger partial charge in [0.25, 0.3) is 0 Å². The van der Waals surface area contributed by atoms with Gasteiger partial charge in [-0.3, -0.25) is 4.79 Å². The second kappa shape index (κ2) is 17.6. The number of amides is 1. The third kappa shape index (κ3) is 18.0. The van der Waals surface area contributed by atoms with Crippen molar-refractivity contribution >= 4 is 5.91 Å². The molecule has 2 N–H and O–H groups in total. The van der Waals surface area contributed by atoms with Crippen LogP contribution >= 0.6 is 0 Å². The fraction of sp³-hybridized carbons (Fsp3) is 0.944. The third-order valence-electron chi connectivity index (χ3n) is 3.24. The number of alkyl halides is 1. The van der Waals surface area contributed by atoms with Gasteiger partial charge in [0.1, 0.15) is 6.17 Å². The summed E-state index contributed by atoms with van der Waals surface area (Å²) in [6.07, 6.45) is -1.21. The Morgan fingerprint density at radius 2 is 1.35 bits per heavy atom. The van der Waals surface area contributed by atoms with Crippen LogP contribution in [-0.2, 0) is 23.7 Å². The predicted molar refractivity (Wildman–Crippen MR) is 99.2 cm³/mol. The van der Waals surface area contributed by atoms with Crippen molar-refractivity contribution in [1.82, 2.24) is 10.6 Å². The van der Waals surface area contributed by atoms with Crippen molar-refractivity contribution in [1.29, 1.82) is 0 Å². The number of ether oxygens (including phenoxy) is 4. The van der Waals surface area contributed by atoms with Gasteiger partial charge in [0, 0.05) is 18.5 Å². The molecule has 0 heterocycles. The van der Waals surface area contributed by atoms with Crippen LogP contribution in [0, 0.1) is 5.92 Å². The minimum absolute atomic E-state index is 0.0265. The first-order valence-electron chi connectivity index (χ1n) is 9.39. The van der Waals surface area contributed by atoms with E-state index in [2.05, 4.69) is 24.5 Å². The third-order valence-corrected chi connectivity index (χ3v) is 3.24. The molecule has 156 valence electrons. The lowest BCUT2D eigenvalue weighted by Crippen LogP contribution is -2.35. The van der Waals surface area contributed by atoms with Crippen LogP contribution in [0.4, 0.5) is 4.39 Å². The first-order chi connectivity index (χ1) is 12.4. The fourth-order valence-corrected chi connectivity index (χ4v) is 1.77. The summed E-state index contributed by atoms with van der Waals surface area (Å²) in [6.45, 7) is 11.9. The van der Waals surface area contributed by atoms with Crippen LogP contribution in [0.3, 0.4) is 0 Å². The average molecular weight is 381 g/mol. The monoisotopic (exact) mass is 380 g/mol. The van der Waals surface area contributed by atoms with Crippen LogP contribution in [0.5, 0.6) is 0 Å². The van der Waals surface area contributed by atoms with Gasteiger partial charge < -0.3 is 29.6 Å². The van der Waals surface area contributed by atoms with Crippen LogP contribution in [-0.4, -0.2) is 84.1 Å². The molecule has 0 aromatic carbocycles. The van der Waals surface area contributed by atoms with Crippen molar-refractivity contribution in [2.45, 2.75) is 39.9 Å². The molecule has 0 saturated carbocycles. The maximum absolute atomic E-state index is 13.5. The molecule has 0 aromatic heterocycles. The first kappa shape index (κ1) is 25.2. The largest absolute Gasteiger partial charge is 0.378 e. The Morgan fingerprint density at radius 3 is 1.85 bits per heavy atom. The molecule has 7 nitrogen and oxygen atoms in total. The minimum atomic E-state index is -1.21. The molecule has 0 saturated heterocycles. The van der Waals surface area contributed by atoms with Crippen molar-refractivity contribution in [3.05, 3.63) is 0 Å². The highest BCUT2D eigenvalue weighted by atomic mass is 19.1. The summed E-state index contributed by atoms with van der Waals surface area (Å²) in [4.78, 5) is 11.3. The molecule has 8 heteroatoms. The van der Waals surface area contributed by atoms with Gasteiger partial charge in [-0.15, -0.1) is 0 Å². The normalized spacial score (nSPS) is 12.7. The average Bonchev–Trinajstić information content (AvgIpc) is 2.59. The van der Waals surface area contributed by atoms with E-state index in [1.807, 2.05) is 0 Å². The minimum Gasteiger partial charge on any atom is -0.378 e. The Balaban J connectivity index is 3.20. The zero-order valence-corrected chi connectivity index (χ0v) is 16.7. The van der Waals surface area contributed by atoms with E-state index in [0.29, 0.717) is 52.3 Å². The summed E-state index contributed by atoms with van der Waals surface area (Å²) >= 11 is 0. The van der Waals surface area contributed by atoms with Crippen molar-refractivity contribution in [2.24, 2.45) is 5.92 Å². The lowest BCUT2D eigenvalue weighted by Gasteiger charge is -2.12. The molecule has 0 aliphatic rings. The van der Waals surface area contributed by atoms with Crippen molar-refractivity contribution in [3.8, 4) is 0 Å². The highest BCUT2D eigenvalue weighted by molar-refractivity contribution is 5.77. The number of carbonyl (C=O) groups excluding carboxylic acids is 1. The van der Waals surface area contributed by atoms with E-state index in [4.69, 9.17) is 18.9 Å². The molecule has 0 rings (SSSR count). The topological polar surface area (TPSA) is 78.1 Å². The molecule has 0 aromatic rings. The lowest BCUT2D eigenvalue weighted by molar-refractivity contribution is -0.124. The predicted octanol–water partition coefficient (Wildman–Crippen LogP) is 1.16. The summed E-state index contributed by atoms with van der Waals surface area (Å²) < 4.78 is 34.7. The maximum atomic E-state index is 13.5. The van der Waals surface area contributed by atoms with E-state index >= 15 is 0 Å². The zero-order valence-electron chi connectivity index (χ0n) is 16.7. The number of rotatable bonds is 18. The van der Waals surface area contributed by atoms with Crippen molar-refractivity contribution in [3.63, 3.8) is 0 Å². The Bertz CT molecular complexity index is 333. The number of nitrogens with one attached hydrogen (secondary N) is 2. The van der Waals surface area contributed by atoms with E-state index in [0.717, 1.165) is 6.54 Å². The van der Waals surface area contributed by atoms with Gasteiger partial charge in [-0.05, 0) is 0 Å². The smallest absolute Gasteiger partial charge is 0.222 e. The molecule has 0 radical (unpaired) electrons. The standard InChI is InChI=1S/C18H37FN2O5/c1-15(2)18(22)21-13-17(19)14-26-12-11-25-10-9-24-8-7-23-6-5-20-16(3)4/h15-17,20H,5-14H2,1-4H3,(H,21,22). The molecule has 1 amide bonds. The van der Waals surface area contributed by atoms with Gasteiger partial charge in [-0.2, -0.15) is 0 Å². The Hall–Kier alpha value is -0.800. The van der Waals surface area contributed by atoms with Crippen LogP contribution in [0.1, 0.15) is 27.7 Å². The number of hydrogen-bond acceptors (Lipinski definition) is 6. The maximum Gasteiger partial charge on any atom is 0.222 e. The van der Waals surface area contributed by atoms with Crippen molar-refractivity contribution in [2.75, 3.05) is 65.9 Å². The molecule has 0 aliphatic carbocycles. The summed E-state index contributed by atoms with van der Waals surface area (Å²) in [5, 5.41) is 5.79. The van der Waals surface area contributed by atoms with Gasteiger partial charge >= 0.3 is 0 Å². The number of carbonyl (C=O) groups is 1. The summed E-state index contributed by atoms with van der Waals surface area (Å²) in [6, 6.07) is 0.470. The molecule has 0 spiro atoms. The van der Waals surface area contributed by atoms with E-state index in [1.54, 1.807) is 13.8 Å². The highest BCUT2D eigenvalue weighted by Gasteiger charge is 2.11. The van der Waals surface area contributed by atoms with Gasteiger partial charge in [-0.25, -0.2) is 4.39 Å². The Morgan fingerprint density at radius 1 is 0.846 bits per heavy atom. The second-order valence-electron chi connectivity index (χ2n) is 6.52. The lowest BCUT2D eigenvalue weighted by atomic mass is 10.2. The van der Waals surface area contributed by atoms with Crippen LogP contribution in [0.25, 0.3) is 0 Å². The SMILES string of the molecule is CC(C)NCCOCCOCCOCCOCC(F)CNC(=O)C(C)C. The van der Waals surface area contributed by atoms with Crippen molar-refractivity contribution < 1.29 is 28.1 Å². The second-order valence-corrected chi connectivity index (χ2v) is 6.52. The van der Waals surface area contributed by atoms with E-state index in [9.17, 15) is 9.18 Å². The zero-order chi connectivity index (χ0) is 19.6. The molecule has 0 aliphatic heterocycles. The van der Waals surface area contributed by atoms with Crippen LogP contribution in [0.15, 0.2) is 0 Å². The molecule has 0 fully saturated rings.